The molecule has 130 valence electrons. The first-order valence-corrected chi connectivity index (χ1v) is 7.26. The van der Waals surface area contributed by atoms with Crippen molar-refractivity contribution in [3.05, 3.63) is 65.5 Å². The third-order valence-electron chi connectivity index (χ3n) is 3.20. The second-order valence-electron chi connectivity index (χ2n) is 4.94. The first kappa shape index (κ1) is 18.0. The van der Waals surface area contributed by atoms with Crippen LogP contribution in [0, 0.1) is 0 Å². The molecule has 0 radical (unpaired) electrons. The number of ether oxygens (including phenoxy) is 2. The predicted molar refractivity (Wildman–Crippen MR) is 90.0 cm³/mol. The topological polar surface area (TPSA) is 84.9 Å². The molecule has 0 spiro atoms. The highest BCUT2D eigenvalue weighted by atomic mass is 19.1. The Morgan fingerprint density at radius 3 is 2.56 bits per heavy atom. The van der Waals surface area contributed by atoms with Crippen molar-refractivity contribution in [3.63, 3.8) is 0 Å². The number of nitrogens with one attached hydrogen (secondary N) is 1. The Balaban J connectivity index is 2.14. The summed E-state index contributed by atoms with van der Waals surface area (Å²) in [4.78, 5) is 22.6. The molecule has 0 aliphatic heterocycles. The van der Waals surface area contributed by atoms with Gasteiger partial charge in [0.05, 0.1) is 12.8 Å². The lowest BCUT2D eigenvalue weighted by molar-refractivity contribution is -0.134. The summed E-state index contributed by atoms with van der Waals surface area (Å²) >= 11 is 0. The number of carboxylic acids is 1. The number of halogens is 1. The molecule has 0 saturated heterocycles. The van der Waals surface area contributed by atoms with Gasteiger partial charge in [-0.05, 0) is 23.8 Å². The molecule has 2 aromatic rings. The molecule has 0 aliphatic carbocycles. The van der Waals surface area contributed by atoms with Gasteiger partial charge in [0.15, 0.2) is 0 Å². The molecule has 0 heterocycles. The van der Waals surface area contributed by atoms with Crippen molar-refractivity contribution in [1.82, 2.24) is 0 Å². The standard InChI is InChI=1S/C18H16FNO5/c1-24-14-8-7-13(9-15(19)17(21)22)16(10-14)20-18(23)25-11-12-5-3-2-4-6-12/h2-10H,11H2,1H3,(H,20,23)(H,21,22)/b15-9-. The molecule has 0 fully saturated rings. The van der Waals surface area contributed by atoms with Crippen molar-refractivity contribution in [2.24, 2.45) is 0 Å². The largest absolute Gasteiger partial charge is 0.497 e. The molecule has 2 rings (SSSR count). The average molecular weight is 345 g/mol. The highest BCUT2D eigenvalue weighted by Crippen LogP contribution is 2.25. The fourth-order valence-electron chi connectivity index (χ4n) is 1.96. The van der Waals surface area contributed by atoms with E-state index in [-0.39, 0.29) is 17.9 Å². The van der Waals surface area contributed by atoms with Crippen molar-refractivity contribution in [1.29, 1.82) is 0 Å². The summed E-state index contributed by atoms with van der Waals surface area (Å²) in [5.74, 6) is -2.65. The van der Waals surface area contributed by atoms with Crippen LogP contribution in [0.15, 0.2) is 54.4 Å². The quantitative estimate of drug-likeness (QED) is 0.777. The minimum absolute atomic E-state index is 0.0608. The number of anilines is 1. The Bertz CT molecular complexity index is 789. The molecule has 0 atom stereocenters. The SMILES string of the molecule is COc1ccc(/C=C(\F)C(=O)O)c(NC(=O)OCc2ccccc2)c1. The van der Waals surface area contributed by atoms with E-state index < -0.39 is 17.9 Å². The fraction of sp³-hybridized carbons (Fsp3) is 0.111. The molecule has 0 unspecified atom stereocenters. The van der Waals surface area contributed by atoms with E-state index in [4.69, 9.17) is 14.6 Å². The number of hydrogen-bond acceptors (Lipinski definition) is 4. The van der Waals surface area contributed by atoms with E-state index in [0.29, 0.717) is 5.75 Å². The molecule has 2 aromatic carbocycles. The van der Waals surface area contributed by atoms with Gasteiger partial charge in [0.1, 0.15) is 12.4 Å². The molecule has 0 aromatic heterocycles. The van der Waals surface area contributed by atoms with Crippen LogP contribution in [0.25, 0.3) is 6.08 Å². The molecule has 0 aliphatic rings. The summed E-state index contributed by atoms with van der Waals surface area (Å²) in [6, 6.07) is 13.5. The maximum Gasteiger partial charge on any atom is 0.411 e. The van der Waals surface area contributed by atoms with Crippen LogP contribution in [0.4, 0.5) is 14.9 Å². The molecular weight excluding hydrogens is 329 g/mol. The lowest BCUT2D eigenvalue weighted by atomic mass is 10.1. The van der Waals surface area contributed by atoms with Gasteiger partial charge in [0, 0.05) is 11.6 Å². The minimum Gasteiger partial charge on any atom is -0.497 e. The Morgan fingerprint density at radius 1 is 1.20 bits per heavy atom. The lowest BCUT2D eigenvalue weighted by Gasteiger charge is -2.11. The number of carbonyl (C=O) groups is 2. The van der Waals surface area contributed by atoms with Gasteiger partial charge in [-0.15, -0.1) is 0 Å². The normalized spacial score (nSPS) is 10.9. The van der Waals surface area contributed by atoms with E-state index in [1.54, 1.807) is 12.1 Å². The highest BCUT2D eigenvalue weighted by Gasteiger charge is 2.12. The van der Waals surface area contributed by atoms with Gasteiger partial charge in [-0.25, -0.2) is 9.59 Å². The average Bonchev–Trinajstić information content (AvgIpc) is 2.62. The van der Waals surface area contributed by atoms with Gasteiger partial charge in [-0.1, -0.05) is 30.3 Å². The summed E-state index contributed by atoms with van der Waals surface area (Å²) in [5, 5.41) is 11.1. The van der Waals surface area contributed by atoms with Crippen molar-refractivity contribution < 1.29 is 28.6 Å². The predicted octanol–water partition coefficient (Wildman–Crippen LogP) is 3.84. The summed E-state index contributed by atoms with van der Waals surface area (Å²) in [7, 11) is 1.43. The number of methoxy groups -OCH3 is 1. The molecule has 6 nitrogen and oxygen atoms in total. The van der Waals surface area contributed by atoms with Crippen LogP contribution in [0.3, 0.4) is 0 Å². The van der Waals surface area contributed by atoms with E-state index in [9.17, 15) is 14.0 Å². The van der Waals surface area contributed by atoms with Crippen LogP contribution in [0.5, 0.6) is 5.75 Å². The van der Waals surface area contributed by atoms with Crippen LogP contribution in [-0.4, -0.2) is 24.3 Å². The third kappa shape index (κ3) is 5.35. The van der Waals surface area contributed by atoms with Gasteiger partial charge < -0.3 is 14.6 Å². The Morgan fingerprint density at radius 2 is 1.92 bits per heavy atom. The van der Waals surface area contributed by atoms with E-state index in [1.807, 2.05) is 18.2 Å². The third-order valence-corrected chi connectivity index (χ3v) is 3.20. The zero-order chi connectivity index (χ0) is 18.2. The molecular formula is C18H16FNO5. The summed E-state index contributed by atoms with van der Waals surface area (Å²) in [5.41, 5.74) is 1.13. The van der Waals surface area contributed by atoms with Gasteiger partial charge in [-0.3, -0.25) is 5.32 Å². The second-order valence-corrected chi connectivity index (χ2v) is 4.94. The number of carbonyl (C=O) groups excluding carboxylic acids is 1. The molecule has 0 saturated carbocycles. The van der Waals surface area contributed by atoms with Crippen molar-refractivity contribution in [3.8, 4) is 5.75 Å². The number of benzene rings is 2. The maximum atomic E-state index is 13.4. The number of hydrogen-bond donors (Lipinski definition) is 2. The van der Waals surface area contributed by atoms with Gasteiger partial charge in [0.25, 0.3) is 0 Å². The monoisotopic (exact) mass is 345 g/mol. The highest BCUT2D eigenvalue weighted by molar-refractivity contribution is 5.93. The molecule has 1 amide bonds. The molecule has 25 heavy (non-hydrogen) atoms. The second kappa shape index (κ2) is 8.49. The first-order valence-electron chi connectivity index (χ1n) is 7.26. The van der Waals surface area contributed by atoms with E-state index >= 15 is 0 Å². The Hall–Kier alpha value is -3.35. The summed E-state index contributed by atoms with van der Waals surface area (Å²) in [6.07, 6.45) is 0.0386. The Kier molecular flexibility index (Phi) is 6.11. The summed E-state index contributed by atoms with van der Waals surface area (Å²) < 4.78 is 23.5. The van der Waals surface area contributed by atoms with Crippen molar-refractivity contribution in [2.75, 3.05) is 12.4 Å². The van der Waals surface area contributed by atoms with Crippen LogP contribution < -0.4 is 10.1 Å². The molecule has 0 bridgehead atoms. The van der Waals surface area contributed by atoms with Gasteiger partial charge in [0.2, 0.25) is 5.83 Å². The Labute approximate surface area is 143 Å². The molecule has 7 heteroatoms. The summed E-state index contributed by atoms with van der Waals surface area (Å²) in [6.45, 7) is 0.0608. The smallest absolute Gasteiger partial charge is 0.411 e. The van der Waals surface area contributed by atoms with Crippen molar-refractivity contribution in [2.45, 2.75) is 6.61 Å². The van der Waals surface area contributed by atoms with Gasteiger partial charge in [-0.2, -0.15) is 4.39 Å². The van der Waals surface area contributed by atoms with Crippen molar-refractivity contribution >= 4 is 23.8 Å². The van der Waals surface area contributed by atoms with E-state index in [2.05, 4.69) is 5.32 Å². The number of carboxylic acid groups (broad SMARTS) is 1. The van der Waals surface area contributed by atoms with Gasteiger partial charge >= 0.3 is 12.1 Å². The number of amides is 1. The molecule has 2 N–H and O–H groups in total. The van der Waals surface area contributed by atoms with Crippen LogP contribution in [0.2, 0.25) is 0 Å². The van der Waals surface area contributed by atoms with Crippen LogP contribution in [-0.2, 0) is 16.1 Å². The zero-order valence-corrected chi connectivity index (χ0v) is 13.4. The fourth-order valence-corrected chi connectivity index (χ4v) is 1.96. The van der Waals surface area contributed by atoms with E-state index in [0.717, 1.165) is 11.6 Å². The lowest BCUT2D eigenvalue weighted by Crippen LogP contribution is -2.14. The minimum atomic E-state index is -1.70. The first-order chi connectivity index (χ1) is 12.0. The van der Waals surface area contributed by atoms with E-state index in [1.165, 1.54) is 25.3 Å². The van der Waals surface area contributed by atoms with Crippen LogP contribution >= 0.6 is 0 Å². The number of aliphatic carboxylic acids is 1. The van der Waals surface area contributed by atoms with Crippen LogP contribution in [0.1, 0.15) is 11.1 Å². The zero-order valence-electron chi connectivity index (χ0n) is 13.4. The number of rotatable bonds is 6. The maximum absolute atomic E-state index is 13.4.